The number of amides is 1. The van der Waals surface area contributed by atoms with Gasteiger partial charge in [-0.25, -0.2) is 0 Å². The molecule has 1 saturated heterocycles. The monoisotopic (exact) mass is 276 g/mol. The number of benzene rings is 1. The summed E-state index contributed by atoms with van der Waals surface area (Å²) in [6.07, 6.45) is 0.883. The second-order valence-corrected chi connectivity index (χ2v) is 5.45. The summed E-state index contributed by atoms with van der Waals surface area (Å²) in [4.78, 5) is 12.3. The minimum Gasteiger partial charge on any atom is -0.497 e. The van der Waals surface area contributed by atoms with Crippen molar-refractivity contribution in [1.82, 2.24) is 10.6 Å². The highest BCUT2D eigenvalue weighted by Gasteiger charge is 2.29. The van der Waals surface area contributed by atoms with E-state index in [0.29, 0.717) is 5.92 Å². The summed E-state index contributed by atoms with van der Waals surface area (Å²) >= 11 is 0. The fourth-order valence-corrected chi connectivity index (χ4v) is 2.44. The van der Waals surface area contributed by atoms with Gasteiger partial charge in [-0.1, -0.05) is 26.0 Å². The van der Waals surface area contributed by atoms with Crippen LogP contribution in [-0.2, 0) is 4.79 Å². The van der Waals surface area contributed by atoms with Crippen LogP contribution in [-0.4, -0.2) is 26.1 Å². The molecule has 2 unspecified atom stereocenters. The van der Waals surface area contributed by atoms with E-state index < -0.39 is 0 Å². The number of nitrogens with one attached hydrogen (secondary N) is 2. The van der Waals surface area contributed by atoms with Crippen molar-refractivity contribution < 1.29 is 9.53 Å². The van der Waals surface area contributed by atoms with Gasteiger partial charge in [0.25, 0.3) is 0 Å². The minimum atomic E-state index is 0.0727. The predicted molar refractivity (Wildman–Crippen MR) is 79.7 cm³/mol. The van der Waals surface area contributed by atoms with E-state index in [2.05, 4.69) is 17.6 Å². The van der Waals surface area contributed by atoms with Crippen LogP contribution in [0.25, 0.3) is 0 Å². The van der Waals surface area contributed by atoms with Gasteiger partial charge in [-0.05, 0) is 43.1 Å². The predicted octanol–water partition coefficient (Wildman–Crippen LogP) is 2.12. The summed E-state index contributed by atoms with van der Waals surface area (Å²) in [5, 5.41) is 6.38. The zero-order chi connectivity index (χ0) is 14.5. The Morgan fingerprint density at radius 2 is 2.05 bits per heavy atom. The third-order valence-corrected chi connectivity index (χ3v) is 4.18. The van der Waals surface area contributed by atoms with Crippen LogP contribution in [0.2, 0.25) is 0 Å². The first kappa shape index (κ1) is 14.9. The number of hydrogen-bond donors (Lipinski definition) is 2. The summed E-state index contributed by atoms with van der Waals surface area (Å²) in [5.74, 6) is 1.54. The van der Waals surface area contributed by atoms with Crippen molar-refractivity contribution >= 4 is 5.91 Å². The van der Waals surface area contributed by atoms with Gasteiger partial charge in [-0.3, -0.25) is 4.79 Å². The molecule has 20 heavy (non-hydrogen) atoms. The third-order valence-electron chi connectivity index (χ3n) is 4.18. The molecule has 1 aliphatic heterocycles. The molecule has 1 fully saturated rings. The van der Waals surface area contributed by atoms with Crippen molar-refractivity contribution in [3.05, 3.63) is 29.8 Å². The Morgan fingerprint density at radius 3 is 2.50 bits per heavy atom. The van der Waals surface area contributed by atoms with Crippen LogP contribution in [0.3, 0.4) is 0 Å². The molecular weight excluding hydrogens is 252 g/mol. The van der Waals surface area contributed by atoms with Gasteiger partial charge >= 0.3 is 0 Å². The van der Waals surface area contributed by atoms with Gasteiger partial charge in [0, 0.05) is 5.92 Å². The van der Waals surface area contributed by atoms with Crippen LogP contribution < -0.4 is 15.4 Å². The summed E-state index contributed by atoms with van der Waals surface area (Å²) in [5.41, 5.74) is 1.13. The Morgan fingerprint density at radius 1 is 1.40 bits per heavy atom. The SMILES string of the molecule is CCC(NC(=O)C(C)C1CNC1)c1ccc(OC)cc1. The highest BCUT2D eigenvalue weighted by molar-refractivity contribution is 5.79. The molecule has 4 nitrogen and oxygen atoms in total. The molecule has 0 radical (unpaired) electrons. The van der Waals surface area contributed by atoms with Gasteiger partial charge in [0.2, 0.25) is 5.91 Å². The van der Waals surface area contributed by atoms with Gasteiger partial charge in [0.15, 0.2) is 0 Å². The standard InChI is InChI=1S/C16H24N2O2/c1-4-15(12-5-7-14(20-3)8-6-12)18-16(19)11(2)13-9-17-10-13/h5-8,11,13,15,17H,4,9-10H2,1-3H3,(H,18,19). The molecule has 1 aromatic carbocycles. The average molecular weight is 276 g/mol. The zero-order valence-corrected chi connectivity index (χ0v) is 12.5. The fraction of sp³-hybridized carbons (Fsp3) is 0.562. The number of rotatable bonds is 6. The molecule has 1 amide bonds. The molecular formula is C16H24N2O2. The van der Waals surface area contributed by atoms with Crippen molar-refractivity contribution in [1.29, 1.82) is 0 Å². The number of carbonyl (C=O) groups is 1. The molecule has 2 N–H and O–H groups in total. The normalized spacial score (nSPS) is 17.9. The lowest BCUT2D eigenvalue weighted by molar-refractivity contribution is -0.127. The van der Waals surface area contributed by atoms with E-state index in [1.807, 2.05) is 31.2 Å². The maximum atomic E-state index is 12.3. The Balaban J connectivity index is 1.98. The zero-order valence-electron chi connectivity index (χ0n) is 12.5. The van der Waals surface area contributed by atoms with Gasteiger partial charge in [0.1, 0.15) is 5.75 Å². The lowest BCUT2D eigenvalue weighted by atomic mass is 9.88. The lowest BCUT2D eigenvalue weighted by Crippen LogP contribution is -2.50. The van der Waals surface area contributed by atoms with Gasteiger partial charge < -0.3 is 15.4 Å². The van der Waals surface area contributed by atoms with E-state index >= 15 is 0 Å². The van der Waals surface area contributed by atoms with E-state index in [4.69, 9.17) is 4.74 Å². The lowest BCUT2D eigenvalue weighted by Gasteiger charge is -2.32. The van der Waals surface area contributed by atoms with Crippen molar-refractivity contribution in [3.63, 3.8) is 0 Å². The summed E-state index contributed by atoms with van der Waals surface area (Å²) in [6, 6.07) is 7.97. The van der Waals surface area contributed by atoms with E-state index in [-0.39, 0.29) is 17.9 Å². The quantitative estimate of drug-likeness (QED) is 0.837. The molecule has 0 bridgehead atoms. The summed E-state index contributed by atoms with van der Waals surface area (Å²) in [6.45, 7) is 6.01. The van der Waals surface area contributed by atoms with Crippen LogP contribution in [0.1, 0.15) is 31.9 Å². The van der Waals surface area contributed by atoms with E-state index in [1.165, 1.54) is 0 Å². The molecule has 0 aromatic heterocycles. The first-order valence-electron chi connectivity index (χ1n) is 7.30. The fourth-order valence-electron chi connectivity index (χ4n) is 2.44. The largest absolute Gasteiger partial charge is 0.497 e. The minimum absolute atomic E-state index is 0.0727. The molecule has 0 saturated carbocycles. The Bertz CT molecular complexity index is 440. The molecule has 4 heteroatoms. The van der Waals surface area contributed by atoms with Crippen LogP contribution in [0.15, 0.2) is 24.3 Å². The van der Waals surface area contributed by atoms with E-state index in [1.54, 1.807) is 7.11 Å². The van der Waals surface area contributed by atoms with Gasteiger partial charge in [-0.2, -0.15) is 0 Å². The second kappa shape index (κ2) is 6.75. The average Bonchev–Trinajstić information content (AvgIpc) is 2.42. The van der Waals surface area contributed by atoms with Gasteiger partial charge in [-0.15, -0.1) is 0 Å². The van der Waals surface area contributed by atoms with Crippen molar-refractivity contribution in [2.24, 2.45) is 11.8 Å². The first-order chi connectivity index (χ1) is 9.65. The summed E-state index contributed by atoms with van der Waals surface area (Å²) in [7, 11) is 1.66. The van der Waals surface area contributed by atoms with E-state index in [9.17, 15) is 4.79 Å². The number of hydrogen-bond acceptors (Lipinski definition) is 3. The molecule has 0 spiro atoms. The number of methoxy groups -OCH3 is 1. The van der Waals surface area contributed by atoms with Gasteiger partial charge in [0.05, 0.1) is 13.2 Å². The molecule has 110 valence electrons. The molecule has 2 rings (SSSR count). The van der Waals surface area contributed by atoms with E-state index in [0.717, 1.165) is 30.8 Å². The number of carbonyl (C=O) groups excluding carboxylic acids is 1. The highest BCUT2D eigenvalue weighted by atomic mass is 16.5. The van der Waals surface area contributed by atoms with Crippen LogP contribution in [0.5, 0.6) is 5.75 Å². The molecule has 1 aromatic rings. The Labute approximate surface area is 120 Å². The topological polar surface area (TPSA) is 50.4 Å². The van der Waals surface area contributed by atoms with Crippen molar-refractivity contribution in [2.75, 3.05) is 20.2 Å². The first-order valence-corrected chi connectivity index (χ1v) is 7.30. The van der Waals surface area contributed by atoms with Crippen molar-refractivity contribution in [3.8, 4) is 5.75 Å². The third kappa shape index (κ3) is 3.31. The van der Waals surface area contributed by atoms with Crippen LogP contribution >= 0.6 is 0 Å². The van der Waals surface area contributed by atoms with Crippen LogP contribution in [0.4, 0.5) is 0 Å². The highest BCUT2D eigenvalue weighted by Crippen LogP contribution is 2.22. The summed E-state index contributed by atoms with van der Waals surface area (Å²) < 4.78 is 5.16. The maximum Gasteiger partial charge on any atom is 0.223 e. The Hall–Kier alpha value is -1.55. The smallest absolute Gasteiger partial charge is 0.223 e. The number of ether oxygens (including phenoxy) is 1. The van der Waals surface area contributed by atoms with Crippen LogP contribution in [0, 0.1) is 11.8 Å². The molecule has 2 atom stereocenters. The van der Waals surface area contributed by atoms with Crippen molar-refractivity contribution in [2.45, 2.75) is 26.3 Å². The second-order valence-electron chi connectivity index (χ2n) is 5.45. The molecule has 1 aliphatic rings. The Kier molecular flexibility index (Phi) is 5.01. The maximum absolute atomic E-state index is 12.3. The molecule has 0 aliphatic carbocycles. The molecule has 1 heterocycles.